The third kappa shape index (κ3) is 2.63. The summed E-state index contributed by atoms with van der Waals surface area (Å²) in [6.45, 7) is 11.1. The topological polar surface area (TPSA) is 27.1 Å². The zero-order valence-corrected chi connectivity index (χ0v) is 12.8. The van der Waals surface area contributed by atoms with E-state index in [0.29, 0.717) is 0 Å². The zero-order valence-electron chi connectivity index (χ0n) is 10.3. The highest BCUT2D eigenvalue weighted by molar-refractivity contribution is 9.10. The second-order valence-electron chi connectivity index (χ2n) is 5.29. The molecule has 0 saturated carbocycles. The van der Waals surface area contributed by atoms with Crippen molar-refractivity contribution in [2.75, 3.05) is 0 Å². The molecule has 0 radical (unpaired) electrons. The third-order valence-corrected chi connectivity index (χ3v) is 8.25. The maximum atomic E-state index is 6.13. The first-order valence-electron chi connectivity index (χ1n) is 5.01. The SMILES string of the molecule is Cn1ncc(O[Si](C)(C)C(C)(C)C)c1Br. The van der Waals surface area contributed by atoms with Crippen LogP contribution in [0.1, 0.15) is 20.8 Å². The van der Waals surface area contributed by atoms with Crippen LogP contribution in [0.5, 0.6) is 5.75 Å². The summed E-state index contributed by atoms with van der Waals surface area (Å²) < 4.78 is 8.80. The second-order valence-corrected chi connectivity index (χ2v) is 10.8. The number of halogens is 1. The number of hydrogen-bond donors (Lipinski definition) is 0. The van der Waals surface area contributed by atoms with E-state index in [1.807, 2.05) is 7.05 Å². The van der Waals surface area contributed by atoms with E-state index in [9.17, 15) is 0 Å². The molecule has 1 aromatic heterocycles. The Balaban J connectivity index is 2.92. The van der Waals surface area contributed by atoms with Crippen molar-refractivity contribution in [3.63, 3.8) is 0 Å². The summed E-state index contributed by atoms with van der Waals surface area (Å²) >= 11 is 3.47. The first-order valence-corrected chi connectivity index (χ1v) is 8.72. The number of rotatable bonds is 2. The summed E-state index contributed by atoms with van der Waals surface area (Å²) in [6, 6.07) is 0. The van der Waals surface area contributed by atoms with E-state index in [1.165, 1.54) is 0 Å². The standard InChI is InChI=1S/C10H19BrN2OSi/c1-10(2,3)15(5,6)14-8-7-12-13(4)9(8)11/h7H,1-6H3. The first kappa shape index (κ1) is 12.8. The highest BCUT2D eigenvalue weighted by Gasteiger charge is 2.39. The van der Waals surface area contributed by atoms with Gasteiger partial charge in [0, 0.05) is 7.05 Å². The van der Waals surface area contributed by atoms with Crippen molar-refractivity contribution < 1.29 is 4.43 Å². The quantitative estimate of drug-likeness (QED) is 0.779. The van der Waals surface area contributed by atoms with Crippen LogP contribution in [0.15, 0.2) is 10.8 Å². The predicted octanol–water partition coefficient (Wildman–Crippen LogP) is 3.57. The van der Waals surface area contributed by atoms with Crippen LogP contribution in [0.3, 0.4) is 0 Å². The van der Waals surface area contributed by atoms with Crippen LogP contribution in [-0.4, -0.2) is 18.1 Å². The van der Waals surface area contributed by atoms with Gasteiger partial charge in [-0.05, 0) is 34.1 Å². The van der Waals surface area contributed by atoms with Gasteiger partial charge < -0.3 is 4.43 Å². The van der Waals surface area contributed by atoms with E-state index < -0.39 is 8.32 Å². The molecule has 0 N–H and O–H groups in total. The van der Waals surface area contributed by atoms with E-state index in [-0.39, 0.29) is 5.04 Å². The summed E-state index contributed by atoms with van der Waals surface area (Å²) in [5.41, 5.74) is 0. The van der Waals surface area contributed by atoms with Crippen molar-refractivity contribution in [1.29, 1.82) is 0 Å². The molecule has 0 unspecified atom stereocenters. The van der Waals surface area contributed by atoms with Crippen LogP contribution in [0, 0.1) is 0 Å². The normalized spacial score (nSPS) is 13.0. The van der Waals surface area contributed by atoms with Crippen LogP contribution in [-0.2, 0) is 7.05 Å². The van der Waals surface area contributed by atoms with Gasteiger partial charge in [-0.3, -0.25) is 4.68 Å². The molecule has 0 aliphatic rings. The van der Waals surface area contributed by atoms with Gasteiger partial charge >= 0.3 is 0 Å². The lowest BCUT2D eigenvalue weighted by Gasteiger charge is -2.36. The van der Waals surface area contributed by atoms with Crippen LogP contribution in [0.4, 0.5) is 0 Å². The second kappa shape index (κ2) is 3.94. The van der Waals surface area contributed by atoms with E-state index in [4.69, 9.17) is 4.43 Å². The van der Waals surface area contributed by atoms with Gasteiger partial charge in [-0.2, -0.15) is 5.10 Å². The maximum Gasteiger partial charge on any atom is 0.250 e. The molecule has 1 rings (SSSR count). The fraction of sp³-hybridized carbons (Fsp3) is 0.700. The molecule has 1 heterocycles. The molecule has 86 valence electrons. The molecule has 0 aliphatic carbocycles. The van der Waals surface area contributed by atoms with Gasteiger partial charge in [0.15, 0.2) is 5.75 Å². The van der Waals surface area contributed by atoms with Gasteiger partial charge in [0.05, 0.1) is 6.20 Å². The number of aromatic nitrogens is 2. The van der Waals surface area contributed by atoms with Gasteiger partial charge in [-0.1, -0.05) is 20.8 Å². The number of hydrogen-bond acceptors (Lipinski definition) is 2. The van der Waals surface area contributed by atoms with Crippen molar-refractivity contribution in [3.05, 3.63) is 10.8 Å². The summed E-state index contributed by atoms with van der Waals surface area (Å²) in [5, 5.41) is 4.36. The van der Waals surface area contributed by atoms with E-state index >= 15 is 0 Å². The van der Waals surface area contributed by atoms with Crippen molar-refractivity contribution in [2.45, 2.75) is 38.9 Å². The van der Waals surface area contributed by atoms with Crippen LogP contribution in [0.25, 0.3) is 0 Å². The van der Waals surface area contributed by atoms with Gasteiger partial charge in [0.1, 0.15) is 4.60 Å². The Bertz CT molecular complexity index is 355. The van der Waals surface area contributed by atoms with Gasteiger partial charge in [0.25, 0.3) is 8.32 Å². The summed E-state index contributed by atoms with van der Waals surface area (Å²) in [4.78, 5) is 0. The first-order chi connectivity index (χ1) is 6.65. The van der Waals surface area contributed by atoms with Crippen molar-refractivity contribution in [1.82, 2.24) is 9.78 Å². The molecular weight excluding hydrogens is 272 g/mol. The zero-order chi connectivity index (χ0) is 11.9. The smallest absolute Gasteiger partial charge is 0.250 e. The molecule has 1 aromatic rings. The van der Waals surface area contributed by atoms with E-state index in [2.05, 4.69) is 54.9 Å². The molecular formula is C10H19BrN2OSi. The van der Waals surface area contributed by atoms with Gasteiger partial charge in [-0.25, -0.2) is 0 Å². The van der Waals surface area contributed by atoms with Crippen molar-refractivity contribution in [2.24, 2.45) is 7.05 Å². The Morgan fingerprint density at radius 2 is 1.93 bits per heavy atom. The fourth-order valence-electron chi connectivity index (χ4n) is 0.899. The van der Waals surface area contributed by atoms with E-state index in [0.717, 1.165) is 10.4 Å². The van der Waals surface area contributed by atoms with Gasteiger partial charge in [0.2, 0.25) is 0 Å². The average Bonchev–Trinajstić information content (AvgIpc) is 2.33. The van der Waals surface area contributed by atoms with Gasteiger partial charge in [-0.15, -0.1) is 0 Å². The Kier molecular flexibility index (Phi) is 3.35. The monoisotopic (exact) mass is 290 g/mol. The average molecular weight is 291 g/mol. The summed E-state index contributed by atoms with van der Waals surface area (Å²) in [5.74, 6) is 0.851. The minimum atomic E-state index is -1.75. The molecule has 0 atom stereocenters. The minimum absolute atomic E-state index is 0.211. The van der Waals surface area contributed by atoms with E-state index in [1.54, 1.807) is 10.9 Å². The molecule has 0 saturated heterocycles. The lowest BCUT2D eigenvalue weighted by atomic mass is 10.2. The Labute approximate surface area is 101 Å². The molecule has 15 heavy (non-hydrogen) atoms. The molecule has 0 aromatic carbocycles. The minimum Gasteiger partial charge on any atom is -0.541 e. The van der Waals surface area contributed by atoms with Crippen LogP contribution < -0.4 is 4.43 Å². The summed E-state index contributed by atoms with van der Waals surface area (Å²) in [7, 11) is 0.144. The Morgan fingerprint density at radius 3 is 2.27 bits per heavy atom. The lowest BCUT2D eigenvalue weighted by Crippen LogP contribution is -2.43. The lowest BCUT2D eigenvalue weighted by molar-refractivity contribution is 0.489. The third-order valence-electron chi connectivity index (χ3n) is 3.01. The molecule has 3 nitrogen and oxygen atoms in total. The molecule has 0 aliphatic heterocycles. The van der Waals surface area contributed by atoms with Crippen LogP contribution >= 0.6 is 15.9 Å². The number of nitrogens with zero attached hydrogens (tertiary/aromatic N) is 2. The molecule has 5 heteroatoms. The maximum absolute atomic E-state index is 6.13. The summed E-state index contributed by atoms with van der Waals surface area (Å²) in [6.07, 6.45) is 1.77. The predicted molar refractivity (Wildman–Crippen MR) is 68.7 cm³/mol. The van der Waals surface area contributed by atoms with Crippen molar-refractivity contribution >= 4 is 24.2 Å². The fourth-order valence-corrected chi connectivity index (χ4v) is 2.33. The molecule has 0 spiro atoms. The van der Waals surface area contributed by atoms with Crippen molar-refractivity contribution in [3.8, 4) is 5.75 Å². The number of aryl methyl sites for hydroxylation is 1. The highest BCUT2D eigenvalue weighted by Crippen LogP contribution is 2.38. The molecule has 0 fully saturated rings. The Morgan fingerprint density at radius 1 is 1.40 bits per heavy atom. The Hall–Kier alpha value is -0.293. The largest absolute Gasteiger partial charge is 0.541 e. The molecule has 0 bridgehead atoms. The highest BCUT2D eigenvalue weighted by atomic mass is 79.9. The van der Waals surface area contributed by atoms with Crippen LogP contribution in [0.2, 0.25) is 18.1 Å². The molecule has 0 amide bonds.